The van der Waals surface area contributed by atoms with Gasteiger partial charge in [0.05, 0.1) is 20.3 Å². The molecule has 3 rings (SSSR count). The maximum atomic E-state index is 6.03. The number of ether oxygens (including phenoxy) is 2. The molecule has 146 valence electrons. The Kier molecular flexibility index (Phi) is 8.72. The Labute approximate surface area is 177 Å². The molecule has 2 aliphatic rings. The van der Waals surface area contributed by atoms with E-state index in [2.05, 4.69) is 20.1 Å². The SMILES string of the molecule is CN=C(NCc1ccc(Cl)cc1OC)N1CCC(N2CCOCC2)C1.I. The van der Waals surface area contributed by atoms with Crippen LogP contribution in [0.25, 0.3) is 0 Å². The van der Waals surface area contributed by atoms with E-state index in [1.807, 2.05) is 25.2 Å². The fourth-order valence-electron chi connectivity index (χ4n) is 3.55. The Morgan fingerprint density at radius 1 is 1.35 bits per heavy atom. The largest absolute Gasteiger partial charge is 0.496 e. The molecular weight excluding hydrogens is 467 g/mol. The minimum atomic E-state index is 0. The van der Waals surface area contributed by atoms with Crippen LogP contribution in [0.2, 0.25) is 5.02 Å². The molecule has 8 heteroatoms. The third-order valence-corrected chi connectivity index (χ3v) is 5.16. The number of hydrogen-bond donors (Lipinski definition) is 1. The molecule has 2 fully saturated rings. The van der Waals surface area contributed by atoms with Crippen LogP contribution >= 0.6 is 35.6 Å². The predicted molar refractivity (Wildman–Crippen MR) is 116 cm³/mol. The molecule has 2 heterocycles. The van der Waals surface area contributed by atoms with Gasteiger partial charge in [-0.05, 0) is 18.6 Å². The van der Waals surface area contributed by atoms with Crippen LogP contribution in [0.1, 0.15) is 12.0 Å². The molecule has 0 radical (unpaired) electrons. The molecule has 1 N–H and O–H groups in total. The summed E-state index contributed by atoms with van der Waals surface area (Å²) in [6, 6.07) is 6.30. The fourth-order valence-corrected chi connectivity index (χ4v) is 3.71. The van der Waals surface area contributed by atoms with Crippen molar-refractivity contribution in [1.29, 1.82) is 0 Å². The zero-order chi connectivity index (χ0) is 17.6. The Balaban J connectivity index is 0.00000243. The second-order valence-corrected chi connectivity index (χ2v) is 6.83. The molecule has 1 unspecified atom stereocenters. The zero-order valence-corrected chi connectivity index (χ0v) is 18.5. The summed E-state index contributed by atoms with van der Waals surface area (Å²) in [5.41, 5.74) is 1.07. The van der Waals surface area contributed by atoms with E-state index in [0.717, 1.165) is 56.7 Å². The lowest BCUT2D eigenvalue weighted by Gasteiger charge is -2.32. The van der Waals surface area contributed by atoms with Gasteiger partial charge in [-0.15, -0.1) is 24.0 Å². The number of guanidine groups is 1. The van der Waals surface area contributed by atoms with E-state index in [-0.39, 0.29) is 24.0 Å². The smallest absolute Gasteiger partial charge is 0.193 e. The summed E-state index contributed by atoms with van der Waals surface area (Å²) in [6.07, 6.45) is 1.17. The number of nitrogens with one attached hydrogen (secondary N) is 1. The minimum Gasteiger partial charge on any atom is -0.496 e. The molecule has 2 aliphatic heterocycles. The van der Waals surface area contributed by atoms with Crippen molar-refractivity contribution in [2.75, 3.05) is 53.6 Å². The van der Waals surface area contributed by atoms with Crippen molar-refractivity contribution in [2.45, 2.75) is 19.0 Å². The normalized spacial score (nSPS) is 21.4. The number of nitrogens with zero attached hydrogens (tertiary/aromatic N) is 3. The van der Waals surface area contributed by atoms with E-state index in [0.29, 0.717) is 17.6 Å². The number of halogens is 2. The van der Waals surface area contributed by atoms with Crippen LogP contribution in [0.15, 0.2) is 23.2 Å². The topological polar surface area (TPSA) is 49.3 Å². The number of morpholine rings is 1. The van der Waals surface area contributed by atoms with Crippen LogP contribution in [-0.4, -0.2) is 75.4 Å². The first kappa shape index (κ1) is 21.5. The van der Waals surface area contributed by atoms with Crippen molar-refractivity contribution < 1.29 is 9.47 Å². The molecule has 0 saturated carbocycles. The van der Waals surface area contributed by atoms with Gasteiger partial charge < -0.3 is 19.7 Å². The summed E-state index contributed by atoms with van der Waals surface area (Å²) >= 11 is 6.03. The molecule has 0 bridgehead atoms. The molecule has 0 aliphatic carbocycles. The first-order valence-electron chi connectivity index (χ1n) is 8.81. The highest BCUT2D eigenvalue weighted by atomic mass is 127. The Bertz CT molecular complexity index is 611. The Morgan fingerprint density at radius 2 is 2.12 bits per heavy atom. The second kappa shape index (κ2) is 10.5. The monoisotopic (exact) mass is 494 g/mol. The first-order valence-corrected chi connectivity index (χ1v) is 9.19. The summed E-state index contributed by atoms with van der Waals surface area (Å²) in [4.78, 5) is 9.34. The third-order valence-electron chi connectivity index (χ3n) is 4.92. The van der Waals surface area contributed by atoms with Crippen LogP contribution < -0.4 is 10.1 Å². The zero-order valence-electron chi connectivity index (χ0n) is 15.4. The van der Waals surface area contributed by atoms with Gasteiger partial charge in [-0.2, -0.15) is 0 Å². The third kappa shape index (κ3) is 5.37. The van der Waals surface area contributed by atoms with Gasteiger partial charge in [0.1, 0.15) is 5.75 Å². The molecular formula is C18H28ClIN4O2. The molecule has 1 aromatic carbocycles. The summed E-state index contributed by atoms with van der Waals surface area (Å²) in [6.45, 7) is 6.46. The van der Waals surface area contributed by atoms with Gasteiger partial charge in [0.2, 0.25) is 0 Å². The number of aliphatic imine (C=N–C) groups is 1. The van der Waals surface area contributed by atoms with Crippen molar-refractivity contribution in [3.05, 3.63) is 28.8 Å². The summed E-state index contributed by atoms with van der Waals surface area (Å²) in [7, 11) is 3.50. The number of methoxy groups -OCH3 is 1. The lowest BCUT2D eigenvalue weighted by Crippen LogP contribution is -2.46. The number of hydrogen-bond acceptors (Lipinski definition) is 4. The van der Waals surface area contributed by atoms with Gasteiger partial charge >= 0.3 is 0 Å². The molecule has 2 saturated heterocycles. The molecule has 6 nitrogen and oxygen atoms in total. The van der Waals surface area contributed by atoms with Crippen molar-refractivity contribution in [3.63, 3.8) is 0 Å². The Morgan fingerprint density at radius 3 is 2.81 bits per heavy atom. The molecule has 0 aromatic heterocycles. The van der Waals surface area contributed by atoms with E-state index in [4.69, 9.17) is 21.1 Å². The van der Waals surface area contributed by atoms with E-state index in [1.54, 1.807) is 7.11 Å². The van der Waals surface area contributed by atoms with Crippen LogP contribution in [0.5, 0.6) is 5.75 Å². The Hall–Kier alpha value is -0.770. The summed E-state index contributed by atoms with van der Waals surface area (Å²) < 4.78 is 10.9. The van der Waals surface area contributed by atoms with E-state index in [1.165, 1.54) is 6.42 Å². The van der Waals surface area contributed by atoms with Gasteiger partial charge in [0.15, 0.2) is 5.96 Å². The fraction of sp³-hybridized carbons (Fsp3) is 0.611. The van der Waals surface area contributed by atoms with Gasteiger partial charge in [0, 0.05) is 56.4 Å². The van der Waals surface area contributed by atoms with Gasteiger partial charge in [-0.1, -0.05) is 17.7 Å². The molecule has 1 aromatic rings. The van der Waals surface area contributed by atoms with Gasteiger partial charge in [0.25, 0.3) is 0 Å². The minimum absolute atomic E-state index is 0. The highest BCUT2D eigenvalue weighted by molar-refractivity contribution is 14.0. The van der Waals surface area contributed by atoms with Crippen LogP contribution in [0.4, 0.5) is 0 Å². The van der Waals surface area contributed by atoms with Crippen LogP contribution in [0, 0.1) is 0 Å². The average molecular weight is 495 g/mol. The quantitative estimate of drug-likeness (QED) is 0.396. The summed E-state index contributed by atoms with van der Waals surface area (Å²) in [5.74, 6) is 1.73. The lowest BCUT2D eigenvalue weighted by atomic mass is 10.2. The van der Waals surface area contributed by atoms with Crippen molar-refractivity contribution in [3.8, 4) is 5.75 Å². The number of rotatable bonds is 4. The standard InChI is InChI=1S/C18H27ClN4O2.HI/c1-20-18(21-12-14-3-4-15(19)11-17(14)24-2)23-6-5-16(13-23)22-7-9-25-10-8-22;/h3-4,11,16H,5-10,12-13H2,1-2H3,(H,20,21);1H. The molecule has 0 spiro atoms. The van der Waals surface area contributed by atoms with E-state index < -0.39 is 0 Å². The van der Waals surface area contributed by atoms with Crippen molar-refractivity contribution in [2.24, 2.45) is 4.99 Å². The van der Waals surface area contributed by atoms with Crippen LogP contribution in [-0.2, 0) is 11.3 Å². The predicted octanol–water partition coefficient (Wildman–Crippen LogP) is 2.45. The molecule has 0 amide bonds. The highest BCUT2D eigenvalue weighted by Crippen LogP contribution is 2.23. The van der Waals surface area contributed by atoms with E-state index >= 15 is 0 Å². The maximum absolute atomic E-state index is 6.03. The van der Waals surface area contributed by atoms with Gasteiger partial charge in [-0.3, -0.25) is 9.89 Å². The summed E-state index contributed by atoms with van der Waals surface area (Å²) in [5, 5.41) is 4.13. The number of benzene rings is 1. The highest BCUT2D eigenvalue weighted by Gasteiger charge is 2.30. The molecule has 26 heavy (non-hydrogen) atoms. The second-order valence-electron chi connectivity index (χ2n) is 6.39. The maximum Gasteiger partial charge on any atom is 0.193 e. The van der Waals surface area contributed by atoms with E-state index in [9.17, 15) is 0 Å². The van der Waals surface area contributed by atoms with Crippen LogP contribution in [0.3, 0.4) is 0 Å². The van der Waals surface area contributed by atoms with Crippen molar-refractivity contribution in [1.82, 2.24) is 15.1 Å². The average Bonchev–Trinajstić information content (AvgIpc) is 3.14. The van der Waals surface area contributed by atoms with Gasteiger partial charge in [-0.25, -0.2) is 0 Å². The van der Waals surface area contributed by atoms with Crippen molar-refractivity contribution >= 4 is 41.5 Å². The number of likely N-dealkylation sites (tertiary alicyclic amines) is 1. The first-order chi connectivity index (χ1) is 12.2. The molecule has 1 atom stereocenters. The lowest BCUT2D eigenvalue weighted by molar-refractivity contribution is 0.0195.